The molecule has 1 atom stereocenters. The molecule has 0 amide bonds. The second-order valence-corrected chi connectivity index (χ2v) is 6.28. The summed E-state index contributed by atoms with van der Waals surface area (Å²) in [5.74, 6) is 0.742. The summed E-state index contributed by atoms with van der Waals surface area (Å²) < 4.78 is 7.16. The van der Waals surface area contributed by atoms with Crippen molar-refractivity contribution >= 4 is 5.82 Å². The Labute approximate surface area is 121 Å². The number of hydrogen-bond acceptors (Lipinski definition) is 4. The third-order valence-electron chi connectivity index (χ3n) is 3.19. The summed E-state index contributed by atoms with van der Waals surface area (Å²) in [4.78, 5) is 16.6. The lowest BCUT2D eigenvalue weighted by molar-refractivity contribution is 0.126. The molecule has 0 saturated carbocycles. The number of hydrogen-bond donors (Lipinski definition) is 1. The third-order valence-corrected chi connectivity index (χ3v) is 3.19. The molecule has 114 valence electrons. The van der Waals surface area contributed by atoms with Crippen LogP contribution in [0, 0.1) is 5.92 Å². The third kappa shape index (κ3) is 4.34. The van der Waals surface area contributed by atoms with E-state index in [1.54, 1.807) is 17.0 Å². The Kier molecular flexibility index (Phi) is 5.74. The molecule has 0 aromatic carbocycles. The average Bonchev–Trinajstić information content (AvgIpc) is 2.34. The molecule has 20 heavy (non-hydrogen) atoms. The van der Waals surface area contributed by atoms with Crippen molar-refractivity contribution in [1.29, 1.82) is 0 Å². The number of rotatable bonds is 6. The van der Waals surface area contributed by atoms with E-state index in [4.69, 9.17) is 4.74 Å². The highest BCUT2D eigenvalue weighted by Crippen LogP contribution is 2.12. The topological polar surface area (TPSA) is 56.1 Å². The van der Waals surface area contributed by atoms with Crippen molar-refractivity contribution in [3.05, 3.63) is 22.7 Å². The lowest BCUT2D eigenvalue weighted by atomic mass is 10.1. The quantitative estimate of drug-likeness (QED) is 0.870. The molecule has 1 aromatic rings. The van der Waals surface area contributed by atoms with Crippen molar-refractivity contribution in [1.82, 2.24) is 9.55 Å². The first-order chi connectivity index (χ1) is 9.27. The van der Waals surface area contributed by atoms with Gasteiger partial charge in [-0.15, -0.1) is 0 Å². The number of ether oxygens (including phenoxy) is 1. The van der Waals surface area contributed by atoms with E-state index in [9.17, 15) is 4.79 Å². The minimum absolute atomic E-state index is 0.0750. The van der Waals surface area contributed by atoms with Gasteiger partial charge in [-0.25, -0.2) is 4.98 Å². The molecule has 1 unspecified atom stereocenters. The average molecular weight is 281 g/mol. The van der Waals surface area contributed by atoms with Gasteiger partial charge in [0.1, 0.15) is 0 Å². The van der Waals surface area contributed by atoms with Gasteiger partial charge in [0.05, 0.1) is 12.6 Å². The van der Waals surface area contributed by atoms with Gasteiger partial charge in [-0.2, -0.15) is 0 Å². The zero-order valence-electron chi connectivity index (χ0n) is 13.4. The molecular formula is C15H27N3O2. The second-order valence-electron chi connectivity index (χ2n) is 6.28. The largest absolute Gasteiger partial charge is 0.380 e. The Morgan fingerprint density at radius 2 is 2.05 bits per heavy atom. The normalized spacial score (nSPS) is 13.6. The van der Waals surface area contributed by atoms with Crippen LogP contribution in [0.15, 0.2) is 17.2 Å². The van der Waals surface area contributed by atoms with E-state index in [0.717, 1.165) is 0 Å². The molecule has 0 aliphatic heterocycles. The van der Waals surface area contributed by atoms with E-state index < -0.39 is 0 Å². The van der Waals surface area contributed by atoms with Crippen LogP contribution >= 0.6 is 0 Å². The summed E-state index contributed by atoms with van der Waals surface area (Å²) in [6.07, 6.45) is 3.38. The number of nitrogens with zero attached hydrogens (tertiary/aromatic N) is 2. The smallest absolute Gasteiger partial charge is 0.293 e. The maximum absolute atomic E-state index is 12.4. The zero-order chi connectivity index (χ0) is 15.3. The zero-order valence-corrected chi connectivity index (χ0v) is 13.4. The molecule has 1 heterocycles. The standard InChI is InChI=1S/C15H27N3O2/c1-7-20-10-12(11(2)3)17-13-14(19)18(9-8-16-13)15(4,5)6/h8-9,11-12H,7,10H2,1-6H3,(H,16,17). The molecule has 0 spiro atoms. The fourth-order valence-corrected chi connectivity index (χ4v) is 1.86. The van der Waals surface area contributed by atoms with Crippen LogP contribution in [0.5, 0.6) is 0 Å². The lowest BCUT2D eigenvalue weighted by Crippen LogP contribution is -2.39. The van der Waals surface area contributed by atoms with Crippen LogP contribution in [-0.2, 0) is 10.3 Å². The Balaban J connectivity index is 2.99. The van der Waals surface area contributed by atoms with E-state index in [-0.39, 0.29) is 17.1 Å². The van der Waals surface area contributed by atoms with Crippen LogP contribution in [0.4, 0.5) is 5.82 Å². The Hall–Kier alpha value is -1.36. The number of nitrogens with one attached hydrogen (secondary N) is 1. The highest BCUT2D eigenvalue weighted by Gasteiger charge is 2.20. The van der Waals surface area contributed by atoms with Gasteiger partial charge in [0.2, 0.25) is 0 Å². The summed E-state index contributed by atoms with van der Waals surface area (Å²) in [5, 5.41) is 3.22. The first-order valence-corrected chi connectivity index (χ1v) is 7.19. The Morgan fingerprint density at radius 1 is 1.40 bits per heavy atom. The summed E-state index contributed by atoms with van der Waals surface area (Å²) in [7, 11) is 0. The maximum Gasteiger partial charge on any atom is 0.293 e. The van der Waals surface area contributed by atoms with Crippen LogP contribution in [0.1, 0.15) is 41.5 Å². The van der Waals surface area contributed by atoms with Crippen molar-refractivity contribution in [2.75, 3.05) is 18.5 Å². The van der Waals surface area contributed by atoms with E-state index in [1.807, 2.05) is 27.7 Å². The van der Waals surface area contributed by atoms with Gasteiger partial charge in [-0.1, -0.05) is 13.8 Å². The first kappa shape index (κ1) is 16.7. The second kappa shape index (κ2) is 6.88. The van der Waals surface area contributed by atoms with Gasteiger partial charge < -0.3 is 14.6 Å². The molecule has 0 aliphatic carbocycles. The van der Waals surface area contributed by atoms with Gasteiger partial charge in [0.15, 0.2) is 5.82 Å². The van der Waals surface area contributed by atoms with Crippen LogP contribution in [0.3, 0.4) is 0 Å². The van der Waals surface area contributed by atoms with Crippen molar-refractivity contribution in [2.24, 2.45) is 5.92 Å². The minimum atomic E-state index is -0.260. The highest BCUT2D eigenvalue weighted by atomic mass is 16.5. The van der Waals surface area contributed by atoms with Crippen LogP contribution in [-0.4, -0.2) is 28.8 Å². The van der Waals surface area contributed by atoms with Gasteiger partial charge in [-0.05, 0) is 33.6 Å². The molecule has 0 fully saturated rings. The number of anilines is 1. The molecule has 0 aliphatic rings. The fraction of sp³-hybridized carbons (Fsp3) is 0.733. The molecule has 0 radical (unpaired) electrons. The summed E-state index contributed by atoms with van der Waals surface area (Å²) >= 11 is 0. The highest BCUT2D eigenvalue weighted by molar-refractivity contribution is 5.33. The first-order valence-electron chi connectivity index (χ1n) is 7.19. The van der Waals surface area contributed by atoms with E-state index in [0.29, 0.717) is 24.9 Å². The van der Waals surface area contributed by atoms with E-state index in [1.165, 1.54) is 0 Å². The summed E-state index contributed by atoms with van der Waals surface area (Å²) in [6.45, 7) is 13.4. The predicted molar refractivity (Wildman–Crippen MR) is 82.2 cm³/mol. The molecule has 1 rings (SSSR count). The van der Waals surface area contributed by atoms with Gasteiger partial charge in [0, 0.05) is 24.5 Å². The van der Waals surface area contributed by atoms with Crippen LogP contribution < -0.4 is 10.9 Å². The van der Waals surface area contributed by atoms with E-state index >= 15 is 0 Å². The van der Waals surface area contributed by atoms with E-state index in [2.05, 4.69) is 24.1 Å². The fourth-order valence-electron chi connectivity index (χ4n) is 1.86. The molecule has 0 bridgehead atoms. The summed E-state index contributed by atoms with van der Waals surface area (Å²) in [5.41, 5.74) is -0.355. The maximum atomic E-state index is 12.4. The van der Waals surface area contributed by atoms with Gasteiger partial charge in [0.25, 0.3) is 5.56 Å². The SMILES string of the molecule is CCOCC(Nc1nccn(C(C)(C)C)c1=O)C(C)C. The van der Waals surface area contributed by atoms with Crippen LogP contribution in [0.2, 0.25) is 0 Å². The Bertz CT molecular complexity index is 475. The summed E-state index contributed by atoms with van der Waals surface area (Å²) in [6, 6.07) is 0.0750. The lowest BCUT2D eigenvalue weighted by Gasteiger charge is -2.25. The molecule has 1 aromatic heterocycles. The monoisotopic (exact) mass is 281 g/mol. The van der Waals surface area contributed by atoms with Crippen molar-refractivity contribution in [3.63, 3.8) is 0 Å². The predicted octanol–water partition coefficient (Wildman–Crippen LogP) is 2.47. The molecule has 5 nitrogen and oxygen atoms in total. The van der Waals surface area contributed by atoms with Gasteiger partial charge >= 0.3 is 0 Å². The molecular weight excluding hydrogens is 254 g/mol. The minimum Gasteiger partial charge on any atom is -0.380 e. The van der Waals surface area contributed by atoms with Crippen molar-refractivity contribution in [2.45, 2.75) is 53.1 Å². The van der Waals surface area contributed by atoms with Crippen molar-refractivity contribution < 1.29 is 4.74 Å². The Morgan fingerprint density at radius 3 is 2.55 bits per heavy atom. The van der Waals surface area contributed by atoms with Crippen LogP contribution in [0.25, 0.3) is 0 Å². The number of aromatic nitrogens is 2. The van der Waals surface area contributed by atoms with Crippen molar-refractivity contribution in [3.8, 4) is 0 Å². The molecule has 0 saturated heterocycles. The van der Waals surface area contributed by atoms with Gasteiger partial charge in [-0.3, -0.25) is 4.79 Å². The molecule has 1 N–H and O–H groups in total. The molecule has 5 heteroatoms.